The summed E-state index contributed by atoms with van der Waals surface area (Å²) >= 11 is 1.03. The molecule has 0 saturated carbocycles. The molecule has 0 bridgehead atoms. The van der Waals surface area contributed by atoms with Crippen LogP contribution >= 0.6 is 11.3 Å². The number of thiazole rings is 1. The average Bonchev–Trinajstić information content (AvgIpc) is 2.86. The molecule has 9 heteroatoms. The minimum absolute atomic E-state index is 0.265. The maximum Gasteiger partial charge on any atom is 0.308 e. The molecule has 3 N–H and O–H groups in total. The first-order valence-corrected chi connectivity index (χ1v) is 7.26. The maximum absolute atomic E-state index is 10.6. The van der Waals surface area contributed by atoms with Gasteiger partial charge in [0.15, 0.2) is 11.5 Å². The first-order valence-electron chi connectivity index (χ1n) is 6.45. The molecule has 0 unspecified atom stereocenters. The number of carbonyl (C=O) groups is 1. The summed E-state index contributed by atoms with van der Waals surface area (Å²) in [6.45, 7) is 0. The zero-order valence-corrected chi connectivity index (χ0v) is 13.3. The van der Waals surface area contributed by atoms with Gasteiger partial charge in [0.2, 0.25) is 11.0 Å². The normalized spacial score (nSPS) is 10.7. The minimum Gasteiger partial charge on any atom is -0.493 e. The second-order valence-electron chi connectivity index (χ2n) is 4.32. The Labute approximate surface area is 136 Å². The lowest BCUT2D eigenvalue weighted by molar-refractivity contribution is -0.136. The molecule has 1 aromatic carbocycles. The highest BCUT2D eigenvalue weighted by Crippen LogP contribution is 2.29. The van der Waals surface area contributed by atoms with Crippen molar-refractivity contribution >= 4 is 28.7 Å². The first-order chi connectivity index (χ1) is 11.0. The van der Waals surface area contributed by atoms with Gasteiger partial charge in [-0.2, -0.15) is 10.1 Å². The van der Waals surface area contributed by atoms with Gasteiger partial charge in [0.1, 0.15) is 0 Å². The molecule has 0 spiro atoms. The van der Waals surface area contributed by atoms with Crippen molar-refractivity contribution in [1.82, 2.24) is 4.98 Å². The number of hydrogen-bond donors (Lipinski definition) is 3. The summed E-state index contributed by atoms with van der Waals surface area (Å²) in [5.74, 6) is -0.154. The topological polar surface area (TPSA) is 113 Å². The van der Waals surface area contributed by atoms with Crippen molar-refractivity contribution in [1.29, 1.82) is 0 Å². The molecule has 0 aliphatic heterocycles. The van der Waals surface area contributed by atoms with Crippen LogP contribution < -0.4 is 14.9 Å². The number of ether oxygens (including phenoxy) is 2. The number of nitrogens with zero attached hydrogens (tertiary/aromatic N) is 2. The van der Waals surface area contributed by atoms with Gasteiger partial charge in [0.25, 0.3) is 0 Å². The Kier molecular flexibility index (Phi) is 5.36. The fourth-order valence-electron chi connectivity index (χ4n) is 1.74. The number of hydrazone groups is 1. The fraction of sp³-hybridized carbons (Fsp3) is 0.214. The molecular formula is C14H15N3O5S. The van der Waals surface area contributed by atoms with Gasteiger partial charge in [-0.1, -0.05) is 11.3 Å². The lowest BCUT2D eigenvalue weighted by atomic mass is 10.2. The molecule has 0 amide bonds. The number of aliphatic carboxylic acids is 1. The quantitative estimate of drug-likeness (QED) is 0.522. The Morgan fingerprint density at radius 1 is 1.39 bits per heavy atom. The number of carboxylic acids is 1. The highest BCUT2D eigenvalue weighted by Gasteiger charge is 2.12. The largest absolute Gasteiger partial charge is 0.493 e. The van der Waals surface area contributed by atoms with Gasteiger partial charge in [-0.25, -0.2) is 0 Å². The number of rotatable bonds is 7. The number of benzene rings is 1. The Morgan fingerprint density at radius 3 is 2.78 bits per heavy atom. The van der Waals surface area contributed by atoms with E-state index in [2.05, 4.69) is 15.5 Å². The summed E-state index contributed by atoms with van der Waals surface area (Å²) in [6.07, 6.45) is 1.25. The average molecular weight is 337 g/mol. The van der Waals surface area contributed by atoms with Crippen molar-refractivity contribution in [2.45, 2.75) is 6.42 Å². The van der Waals surface area contributed by atoms with Crippen LogP contribution in [-0.4, -0.2) is 41.6 Å². The standard InChI is InChI=1S/C14H15N3O5S/c1-21-9-4-3-8(5-10(9)22-2)7-15-17-14-16-13(20)11(23-14)6-12(18)19/h3-5,7,20H,6H2,1-2H3,(H,16,17)(H,18,19)/b15-7+. The molecule has 1 aromatic heterocycles. The van der Waals surface area contributed by atoms with E-state index in [4.69, 9.17) is 14.6 Å². The highest BCUT2D eigenvalue weighted by molar-refractivity contribution is 7.16. The SMILES string of the molecule is COc1ccc(/C=N/Nc2nc(O)c(CC(=O)O)s2)cc1OC. The van der Waals surface area contributed by atoms with E-state index in [0.29, 0.717) is 16.6 Å². The van der Waals surface area contributed by atoms with Crippen LogP contribution in [0, 0.1) is 0 Å². The van der Waals surface area contributed by atoms with Crippen LogP contribution in [0.5, 0.6) is 17.4 Å². The van der Waals surface area contributed by atoms with Crippen LogP contribution in [0.1, 0.15) is 10.4 Å². The number of methoxy groups -OCH3 is 2. The molecule has 23 heavy (non-hydrogen) atoms. The van der Waals surface area contributed by atoms with E-state index in [9.17, 15) is 9.90 Å². The summed E-state index contributed by atoms with van der Waals surface area (Å²) in [6, 6.07) is 5.29. The molecule has 0 aliphatic rings. The number of hydrogen-bond acceptors (Lipinski definition) is 8. The first kappa shape index (κ1) is 16.6. The van der Waals surface area contributed by atoms with Crippen LogP contribution in [0.4, 0.5) is 5.13 Å². The zero-order chi connectivity index (χ0) is 16.8. The van der Waals surface area contributed by atoms with Crippen molar-refractivity contribution in [2.24, 2.45) is 5.10 Å². The van der Waals surface area contributed by atoms with E-state index < -0.39 is 5.97 Å². The van der Waals surface area contributed by atoms with Crippen molar-refractivity contribution in [3.05, 3.63) is 28.6 Å². The smallest absolute Gasteiger partial charge is 0.308 e. The van der Waals surface area contributed by atoms with E-state index in [1.54, 1.807) is 32.4 Å². The van der Waals surface area contributed by atoms with E-state index in [1.807, 2.05) is 0 Å². The monoisotopic (exact) mass is 337 g/mol. The summed E-state index contributed by atoms with van der Waals surface area (Å²) < 4.78 is 10.3. The molecule has 2 rings (SSSR count). The summed E-state index contributed by atoms with van der Waals surface area (Å²) in [4.78, 5) is 14.7. The van der Waals surface area contributed by atoms with Gasteiger partial charge in [-0.3, -0.25) is 10.2 Å². The van der Waals surface area contributed by atoms with Gasteiger partial charge >= 0.3 is 5.97 Å². The third-order valence-corrected chi connectivity index (χ3v) is 3.72. The van der Waals surface area contributed by atoms with Crippen molar-refractivity contribution in [2.75, 3.05) is 19.6 Å². The van der Waals surface area contributed by atoms with E-state index in [1.165, 1.54) is 6.21 Å². The molecule has 122 valence electrons. The van der Waals surface area contributed by atoms with E-state index in [0.717, 1.165) is 16.9 Å². The van der Waals surface area contributed by atoms with Crippen molar-refractivity contribution < 1.29 is 24.5 Å². The molecule has 8 nitrogen and oxygen atoms in total. The van der Waals surface area contributed by atoms with Crippen LogP contribution in [0.2, 0.25) is 0 Å². The molecule has 1 heterocycles. The van der Waals surface area contributed by atoms with Gasteiger partial charge in [0.05, 0.1) is 31.7 Å². The van der Waals surface area contributed by atoms with Gasteiger partial charge in [-0.15, -0.1) is 0 Å². The van der Waals surface area contributed by atoms with Crippen molar-refractivity contribution in [3.63, 3.8) is 0 Å². The summed E-state index contributed by atoms with van der Waals surface area (Å²) in [7, 11) is 3.09. The van der Waals surface area contributed by atoms with Crippen LogP contribution in [0.15, 0.2) is 23.3 Å². The molecule has 0 radical (unpaired) electrons. The molecule has 0 aliphatic carbocycles. The van der Waals surface area contributed by atoms with Gasteiger partial charge < -0.3 is 19.7 Å². The predicted octanol–water partition coefficient (Wildman–Crippen LogP) is 1.94. The molecular weight excluding hydrogens is 322 g/mol. The number of carboxylic acid groups (broad SMARTS) is 1. The molecule has 2 aromatic rings. The molecule has 0 fully saturated rings. The molecule has 0 atom stereocenters. The Bertz CT molecular complexity index is 729. The fourth-order valence-corrected chi connectivity index (χ4v) is 2.54. The summed E-state index contributed by atoms with van der Waals surface area (Å²) in [5, 5.41) is 22.5. The number of anilines is 1. The van der Waals surface area contributed by atoms with Gasteiger partial charge in [0, 0.05) is 0 Å². The predicted molar refractivity (Wildman–Crippen MR) is 85.9 cm³/mol. The third kappa shape index (κ3) is 4.33. The summed E-state index contributed by atoms with van der Waals surface area (Å²) in [5.41, 5.74) is 3.41. The number of aromatic hydroxyl groups is 1. The van der Waals surface area contributed by atoms with Gasteiger partial charge in [-0.05, 0) is 23.8 Å². The molecule has 0 saturated heterocycles. The lowest BCUT2D eigenvalue weighted by Gasteiger charge is -2.07. The number of nitrogens with one attached hydrogen (secondary N) is 1. The Hall–Kier alpha value is -2.81. The van der Waals surface area contributed by atoms with Crippen LogP contribution in [0.25, 0.3) is 0 Å². The second-order valence-corrected chi connectivity index (χ2v) is 5.40. The number of aromatic nitrogens is 1. The van der Waals surface area contributed by atoms with Crippen molar-refractivity contribution in [3.8, 4) is 17.4 Å². The van der Waals surface area contributed by atoms with E-state index >= 15 is 0 Å². The van der Waals surface area contributed by atoms with E-state index in [-0.39, 0.29) is 17.2 Å². The lowest BCUT2D eigenvalue weighted by Crippen LogP contribution is -1.97. The van der Waals surface area contributed by atoms with Crippen LogP contribution in [0.3, 0.4) is 0 Å². The highest BCUT2D eigenvalue weighted by atomic mass is 32.1. The maximum atomic E-state index is 10.6. The Morgan fingerprint density at radius 2 is 2.13 bits per heavy atom. The van der Waals surface area contributed by atoms with Crippen LogP contribution in [-0.2, 0) is 11.2 Å². The minimum atomic E-state index is -1.04. The third-order valence-electron chi connectivity index (χ3n) is 2.77. The Balaban J connectivity index is 2.05. The zero-order valence-electron chi connectivity index (χ0n) is 12.4. The second kappa shape index (κ2) is 7.45.